The zero-order chi connectivity index (χ0) is 14.9. The van der Waals surface area contributed by atoms with Crippen LogP contribution in [-0.4, -0.2) is 47.4 Å². The molecule has 0 radical (unpaired) electrons. The Hall–Kier alpha value is -0.580. The van der Waals surface area contributed by atoms with Gasteiger partial charge in [-0.15, -0.1) is 0 Å². The Morgan fingerprint density at radius 3 is 2.25 bits per heavy atom. The largest absolute Gasteiger partial charge is 0.336 e. The van der Waals surface area contributed by atoms with Gasteiger partial charge in [0, 0.05) is 46.8 Å². The van der Waals surface area contributed by atoms with E-state index < -0.39 is 0 Å². The molecule has 1 aliphatic heterocycles. The van der Waals surface area contributed by atoms with Crippen LogP contribution in [0, 0.1) is 0 Å². The highest BCUT2D eigenvalue weighted by molar-refractivity contribution is 9.10. The lowest BCUT2D eigenvalue weighted by molar-refractivity contribution is 0.0451. The molecule has 0 unspecified atom stereocenters. The molecule has 1 heterocycles. The molecule has 110 valence electrons. The van der Waals surface area contributed by atoms with Crippen LogP contribution in [0.1, 0.15) is 31.1 Å². The van der Waals surface area contributed by atoms with Crippen LogP contribution in [0.25, 0.3) is 0 Å². The van der Waals surface area contributed by atoms with Gasteiger partial charge in [0.15, 0.2) is 0 Å². The molecule has 0 spiro atoms. The maximum Gasteiger partial charge on any atom is 0.254 e. The Morgan fingerprint density at radius 1 is 1.15 bits per heavy atom. The average Bonchev–Trinajstić information content (AvgIpc) is 2.36. The van der Waals surface area contributed by atoms with Crippen molar-refractivity contribution in [1.29, 1.82) is 0 Å². The van der Waals surface area contributed by atoms with Gasteiger partial charge in [-0.3, -0.25) is 9.69 Å². The first-order valence-electron chi connectivity index (χ1n) is 6.78. The lowest BCUT2D eigenvalue weighted by atomic mass is 10.0. The van der Waals surface area contributed by atoms with E-state index in [1.807, 2.05) is 11.0 Å². The number of benzene rings is 1. The number of carbonyl (C=O) groups excluding carboxylic acids is 1. The van der Waals surface area contributed by atoms with Crippen LogP contribution in [0.15, 0.2) is 22.7 Å². The highest BCUT2D eigenvalue weighted by Crippen LogP contribution is 2.22. The van der Waals surface area contributed by atoms with Gasteiger partial charge in [-0.1, -0.05) is 27.5 Å². The summed E-state index contributed by atoms with van der Waals surface area (Å²) in [5.74, 6) is 0.0572. The van der Waals surface area contributed by atoms with Crippen LogP contribution in [0.4, 0.5) is 0 Å². The molecule has 1 fully saturated rings. The monoisotopic (exact) mass is 358 g/mol. The third-order valence-corrected chi connectivity index (χ3v) is 4.30. The number of hydrogen-bond acceptors (Lipinski definition) is 2. The molecular weight excluding hydrogens is 340 g/mol. The van der Waals surface area contributed by atoms with E-state index in [9.17, 15) is 4.79 Å². The van der Waals surface area contributed by atoms with Crippen LogP contribution < -0.4 is 0 Å². The summed E-state index contributed by atoms with van der Waals surface area (Å²) in [6.45, 7) is 9.98. The van der Waals surface area contributed by atoms with E-state index in [1.54, 1.807) is 12.1 Å². The molecule has 0 aliphatic carbocycles. The summed E-state index contributed by atoms with van der Waals surface area (Å²) in [5, 5.41) is 0.580. The predicted octanol–water partition coefficient (Wildman–Crippen LogP) is 3.66. The molecule has 20 heavy (non-hydrogen) atoms. The first-order chi connectivity index (χ1) is 9.27. The Kier molecular flexibility index (Phi) is 4.77. The van der Waals surface area contributed by atoms with Crippen molar-refractivity contribution in [1.82, 2.24) is 9.80 Å². The second kappa shape index (κ2) is 6.04. The minimum absolute atomic E-state index is 0.0572. The van der Waals surface area contributed by atoms with Gasteiger partial charge in [0.25, 0.3) is 5.91 Å². The molecule has 1 amide bonds. The van der Waals surface area contributed by atoms with Crippen molar-refractivity contribution in [3.63, 3.8) is 0 Å². The zero-order valence-electron chi connectivity index (χ0n) is 12.1. The van der Waals surface area contributed by atoms with Crippen LogP contribution in [0.3, 0.4) is 0 Å². The van der Waals surface area contributed by atoms with Crippen molar-refractivity contribution in [3.8, 4) is 0 Å². The minimum Gasteiger partial charge on any atom is -0.336 e. The lowest BCUT2D eigenvalue weighted by Gasteiger charge is -2.42. The second-order valence-electron chi connectivity index (χ2n) is 6.11. The summed E-state index contributed by atoms with van der Waals surface area (Å²) in [4.78, 5) is 16.8. The standard InChI is InChI=1S/C15H20BrClN2O/c1-15(2,3)19-6-4-18(5-7-19)14(20)11-8-12(16)10-13(17)9-11/h8-10H,4-7H2,1-3H3. The first kappa shape index (κ1) is 15.8. The second-order valence-corrected chi connectivity index (χ2v) is 7.46. The Labute approximate surface area is 134 Å². The summed E-state index contributed by atoms with van der Waals surface area (Å²) in [6, 6.07) is 5.34. The molecule has 0 aromatic heterocycles. The molecule has 1 aromatic rings. The third-order valence-electron chi connectivity index (χ3n) is 3.63. The molecular formula is C15H20BrClN2O. The summed E-state index contributed by atoms with van der Waals surface area (Å²) in [5.41, 5.74) is 0.808. The molecule has 3 nitrogen and oxygen atoms in total. The van der Waals surface area contributed by atoms with Gasteiger partial charge < -0.3 is 4.90 Å². The van der Waals surface area contributed by atoms with Crippen molar-refractivity contribution < 1.29 is 4.79 Å². The van der Waals surface area contributed by atoms with Crippen molar-refractivity contribution >= 4 is 33.4 Å². The maximum absolute atomic E-state index is 12.5. The Balaban J connectivity index is 2.05. The summed E-state index contributed by atoms with van der Waals surface area (Å²) >= 11 is 9.38. The number of rotatable bonds is 1. The van der Waals surface area contributed by atoms with E-state index in [1.165, 1.54) is 0 Å². The van der Waals surface area contributed by atoms with E-state index >= 15 is 0 Å². The molecule has 0 atom stereocenters. The molecule has 0 saturated carbocycles. The quantitative estimate of drug-likeness (QED) is 0.764. The fourth-order valence-corrected chi connectivity index (χ4v) is 3.30. The van der Waals surface area contributed by atoms with Crippen LogP contribution in [0.2, 0.25) is 5.02 Å². The van der Waals surface area contributed by atoms with Gasteiger partial charge in [0.2, 0.25) is 0 Å². The summed E-state index contributed by atoms with van der Waals surface area (Å²) in [6.07, 6.45) is 0. The normalized spacial score (nSPS) is 17.4. The number of hydrogen-bond donors (Lipinski definition) is 0. The molecule has 1 saturated heterocycles. The Bertz CT molecular complexity index is 485. The van der Waals surface area contributed by atoms with Gasteiger partial charge in [0.05, 0.1) is 0 Å². The molecule has 2 rings (SSSR count). The number of nitrogens with zero attached hydrogens (tertiary/aromatic N) is 2. The topological polar surface area (TPSA) is 23.6 Å². The summed E-state index contributed by atoms with van der Waals surface area (Å²) in [7, 11) is 0. The predicted molar refractivity (Wildman–Crippen MR) is 86.4 cm³/mol. The number of amides is 1. The van der Waals surface area contributed by atoms with Crippen molar-refractivity contribution in [2.45, 2.75) is 26.3 Å². The lowest BCUT2D eigenvalue weighted by Crippen LogP contribution is -2.54. The van der Waals surface area contributed by atoms with Crippen molar-refractivity contribution in [2.75, 3.05) is 26.2 Å². The van der Waals surface area contributed by atoms with E-state index in [2.05, 4.69) is 41.6 Å². The highest BCUT2D eigenvalue weighted by Gasteiger charge is 2.28. The van der Waals surface area contributed by atoms with Crippen LogP contribution in [0.5, 0.6) is 0 Å². The van der Waals surface area contributed by atoms with Gasteiger partial charge in [-0.05, 0) is 39.0 Å². The van der Waals surface area contributed by atoms with Crippen LogP contribution >= 0.6 is 27.5 Å². The fraction of sp³-hybridized carbons (Fsp3) is 0.533. The van der Waals surface area contributed by atoms with Gasteiger partial charge in [0.1, 0.15) is 0 Å². The average molecular weight is 360 g/mol. The minimum atomic E-state index is 0.0572. The molecule has 1 aliphatic rings. The molecule has 0 N–H and O–H groups in total. The van der Waals surface area contributed by atoms with E-state index in [0.29, 0.717) is 10.6 Å². The molecule has 0 bridgehead atoms. The van der Waals surface area contributed by atoms with E-state index in [0.717, 1.165) is 30.7 Å². The van der Waals surface area contributed by atoms with Crippen molar-refractivity contribution in [3.05, 3.63) is 33.3 Å². The number of carbonyl (C=O) groups is 1. The summed E-state index contributed by atoms with van der Waals surface area (Å²) < 4.78 is 0.835. The molecule has 5 heteroatoms. The maximum atomic E-state index is 12.5. The number of piperazine rings is 1. The SMILES string of the molecule is CC(C)(C)N1CCN(C(=O)c2cc(Cl)cc(Br)c2)CC1. The van der Waals surface area contributed by atoms with E-state index in [-0.39, 0.29) is 11.4 Å². The van der Waals surface area contributed by atoms with Crippen LogP contribution in [-0.2, 0) is 0 Å². The van der Waals surface area contributed by atoms with Gasteiger partial charge in [-0.25, -0.2) is 0 Å². The Morgan fingerprint density at radius 2 is 1.75 bits per heavy atom. The smallest absolute Gasteiger partial charge is 0.254 e. The first-order valence-corrected chi connectivity index (χ1v) is 7.95. The van der Waals surface area contributed by atoms with Gasteiger partial charge >= 0.3 is 0 Å². The van der Waals surface area contributed by atoms with Gasteiger partial charge in [-0.2, -0.15) is 0 Å². The zero-order valence-corrected chi connectivity index (χ0v) is 14.5. The number of halogens is 2. The van der Waals surface area contributed by atoms with E-state index in [4.69, 9.17) is 11.6 Å². The highest BCUT2D eigenvalue weighted by atomic mass is 79.9. The molecule has 1 aromatic carbocycles. The van der Waals surface area contributed by atoms with Crippen molar-refractivity contribution in [2.24, 2.45) is 0 Å². The fourth-order valence-electron chi connectivity index (χ4n) is 2.44. The third kappa shape index (κ3) is 3.74.